The standard InChI is InChI=1S/C19H17BrN4O3S/c1-26-14-9-10(20)8-12(16(14)27-2)17-21-13-7-5-4-6-11(13)15-18(25)22-19(28-3)23-24(15)17/h4-9,17H,1-3H3,(H,22,23,25). The fraction of sp³-hybridized carbons (Fsp3) is 0.211. The molecule has 9 heteroatoms. The van der Waals surface area contributed by atoms with Gasteiger partial charge in [0.25, 0.3) is 5.91 Å². The van der Waals surface area contributed by atoms with Gasteiger partial charge in [-0.15, -0.1) is 5.10 Å². The number of halogens is 1. The molecule has 0 aliphatic carbocycles. The van der Waals surface area contributed by atoms with Crippen LogP contribution in [-0.2, 0) is 4.79 Å². The van der Waals surface area contributed by atoms with Gasteiger partial charge in [-0.2, -0.15) is 0 Å². The second kappa shape index (κ2) is 7.48. The largest absolute Gasteiger partial charge is 0.493 e. The van der Waals surface area contributed by atoms with Crippen LogP contribution >= 0.6 is 27.7 Å². The molecule has 7 nitrogen and oxygen atoms in total. The molecule has 1 atom stereocenters. The SMILES string of the molecule is COc1cc(Br)cc(C2N=c3ccccc3=C3C(=O)NC(SC)=NN32)c1OC. The summed E-state index contributed by atoms with van der Waals surface area (Å²) in [5.41, 5.74) is 1.19. The first-order chi connectivity index (χ1) is 13.6. The second-order valence-corrected chi connectivity index (χ2v) is 7.72. The molecule has 1 N–H and O–H groups in total. The third-order valence-corrected chi connectivity index (χ3v) is 5.49. The first kappa shape index (κ1) is 18.8. The maximum atomic E-state index is 12.9. The van der Waals surface area contributed by atoms with Crippen molar-refractivity contribution in [1.82, 2.24) is 10.3 Å². The highest BCUT2D eigenvalue weighted by atomic mass is 79.9. The Kier molecular flexibility index (Phi) is 5.03. The third-order valence-electron chi connectivity index (χ3n) is 4.46. The normalized spacial score (nSPS) is 17.8. The lowest BCUT2D eigenvalue weighted by Gasteiger charge is -2.34. The Morgan fingerprint density at radius 1 is 1.21 bits per heavy atom. The average molecular weight is 461 g/mol. The topological polar surface area (TPSA) is 75.5 Å². The summed E-state index contributed by atoms with van der Waals surface area (Å²) in [4.78, 5) is 17.8. The number of para-hydroxylation sites is 1. The number of amides is 1. The minimum atomic E-state index is -0.584. The molecule has 0 aromatic heterocycles. The molecular weight excluding hydrogens is 444 g/mol. The van der Waals surface area contributed by atoms with Crippen LogP contribution in [-0.4, -0.2) is 36.6 Å². The number of hydrogen-bond donors (Lipinski definition) is 1. The van der Waals surface area contributed by atoms with E-state index in [1.165, 1.54) is 11.8 Å². The van der Waals surface area contributed by atoms with Crippen LogP contribution in [0.5, 0.6) is 11.5 Å². The highest BCUT2D eigenvalue weighted by Gasteiger charge is 2.36. The number of thioether (sulfide) groups is 1. The molecule has 2 aliphatic rings. The summed E-state index contributed by atoms with van der Waals surface area (Å²) in [6.07, 6.45) is 1.27. The van der Waals surface area contributed by atoms with Gasteiger partial charge in [-0.1, -0.05) is 45.9 Å². The van der Waals surface area contributed by atoms with Gasteiger partial charge in [-0.25, -0.2) is 5.01 Å². The van der Waals surface area contributed by atoms with E-state index in [1.807, 2.05) is 42.7 Å². The third kappa shape index (κ3) is 3.04. The number of carbonyl (C=O) groups is 1. The first-order valence-electron chi connectivity index (χ1n) is 8.39. The zero-order valence-electron chi connectivity index (χ0n) is 15.4. The van der Waals surface area contributed by atoms with Crippen molar-refractivity contribution in [2.75, 3.05) is 20.5 Å². The van der Waals surface area contributed by atoms with E-state index in [-0.39, 0.29) is 5.91 Å². The molecule has 0 spiro atoms. The van der Waals surface area contributed by atoms with Crippen molar-refractivity contribution in [3.63, 3.8) is 0 Å². The Morgan fingerprint density at radius 3 is 2.71 bits per heavy atom. The van der Waals surface area contributed by atoms with Crippen LogP contribution in [0.1, 0.15) is 11.7 Å². The molecule has 0 saturated carbocycles. The molecule has 144 valence electrons. The molecule has 2 heterocycles. The number of benzene rings is 2. The number of amidine groups is 1. The highest BCUT2D eigenvalue weighted by Crippen LogP contribution is 2.42. The first-order valence-corrected chi connectivity index (χ1v) is 10.4. The van der Waals surface area contributed by atoms with Crippen molar-refractivity contribution in [3.8, 4) is 11.5 Å². The number of nitrogens with one attached hydrogen (secondary N) is 1. The molecule has 0 bridgehead atoms. The monoisotopic (exact) mass is 460 g/mol. The predicted molar refractivity (Wildman–Crippen MR) is 112 cm³/mol. The van der Waals surface area contributed by atoms with Gasteiger partial charge in [0.1, 0.15) is 5.70 Å². The van der Waals surface area contributed by atoms with Crippen LogP contribution in [0.25, 0.3) is 5.70 Å². The lowest BCUT2D eigenvalue weighted by atomic mass is 10.1. The summed E-state index contributed by atoms with van der Waals surface area (Å²) < 4.78 is 11.9. The van der Waals surface area contributed by atoms with E-state index in [1.54, 1.807) is 19.2 Å². The lowest BCUT2D eigenvalue weighted by Crippen LogP contribution is -2.50. The van der Waals surface area contributed by atoms with E-state index >= 15 is 0 Å². The summed E-state index contributed by atoms with van der Waals surface area (Å²) in [6, 6.07) is 11.3. The maximum Gasteiger partial charge on any atom is 0.276 e. The van der Waals surface area contributed by atoms with E-state index < -0.39 is 6.17 Å². The van der Waals surface area contributed by atoms with Crippen LogP contribution in [0.15, 0.2) is 51.0 Å². The number of nitrogens with zero attached hydrogens (tertiary/aromatic N) is 3. The van der Waals surface area contributed by atoms with Crippen molar-refractivity contribution in [2.45, 2.75) is 6.17 Å². The van der Waals surface area contributed by atoms with E-state index in [0.717, 1.165) is 20.6 Å². The zero-order chi connectivity index (χ0) is 19.8. The van der Waals surface area contributed by atoms with Gasteiger partial charge in [0, 0.05) is 15.3 Å². The number of hydrogen-bond acceptors (Lipinski definition) is 7. The van der Waals surface area contributed by atoms with Crippen LogP contribution in [0.4, 0.5) is 0 Å². The number of methoxy groups -OCH3 is 2. The molecule has 1 unspecified atom stereocenters. The predicted octanol–water partition coefficient (Wildman–Crippen LogP) is 1.97. The van der Waals surface area contributed by atoms with Crippen LogP contribution in [0.2, 0.25) is 0 Å². The number of ether oxygens (including phenoxy) is 2. The Bertz CT molecular complexity index is 1120. The molecule has 2 aromatic rings. The number of hydrazone groups is 1. The molecule has 0 radical (unpaired) electrons. The van der Waals surface area contributed by atoms with Crippen molar-refractivity contribution in [3.05, 3.63) is 57.0 Å². The smallest absolute Gasteiger partial charge is 0.276 e. The quantitative estimate of drug-likeness (QED) is 0.757. The van der Waals surface area contributed by atoms with E-state index in [0.29, 0.717) is 22.4 Å². The lowest BCUT2D eigenvalue weighted by molar-refractivity contribution is -0.116. The maximum absolute atomic E-state index is 12.9. The Balaban J connectivity index is 2.03. The summed E-state index contributed by atoms with van der Waals surface area (Å²) in [5.74, 6) is 0.899. The van der Waals surface area contributed by atoms with Gasteiger partial charge in [0.2, 0.25) is 0 Å². The van der Waals surface area contributed by atoms with Crippen LogP contribution in [0, 0.1) is 0 Å². The molecule has 0 saturated heterocycles. The molecule has 1 amide bonds. The van der Waals surface area contributed by atoms with Gasteiger partial charge in [-0.05, 0) is 24.5 Å². The summed E-state index contributed by atoms with van der Waals surface area (Å²) in [5, 5.41) is 11.1. The van der Waals surface area contributed by atoms with Crippen molar-refractivity contribution >= 4 is 44.5 Å². The Morgan fingerprint density at radius 2 is 2.00 bits per heavy atom. The Hall–Kier alpha value is -2.52. The van der Waals surface area contributed by atoms with Crippen LogP contribution in [0.3, 0.4) is 0 Å². The minimum absolute atomic E-state index is 0.215. The van der Waals surface area contributed by atoms with E-state index in [4.69, 9.17) is 14.5 Å². The van der Waals surface area contributed by atoms with Crippen molar-refractivity contribution < 1.29 is 14.3 Å². The molecule has 0 fully saturated rings. The van der Waals surface area contributed by atoms with Gasteiger partial charge in [0.15, 0.2) is 22.8 Å². The fourth-order valence-electron chi connectivity index (χ4n) is 3.27. The summed E-state index contributed by atoms with van der Waals surface area (Å²) >= 11 is 4.88. The summed E-state index contributed by atoms with van der Waals surface area (Å²) in [7, 11) is 3.16. The second-order valence-electron chi connectivity index (χ2n) is 6.01. The average Bonchev–Trinajstić information content (AvgIpc) is 2.71. The van der Waals surface area contributed by atoms with E-state index in [2.05, 4.69) is 26.3 Å². The molecular formula is C19H17BrN4O3S. The van der Waals surface area contributed by atoms with Crippen molar-refractivity contribution in [1.29, 1.82) is 0 Å². The number of fused-ring (bicyclic) bond motifs is 2. The van der Waals surface area contributed by atoms with Gasteiger partial charge in [-0.3, -0.25) is 15.1 Å². The minimum Gasteiger partial charge on any atom is -0.493 e. The van der Waals surface area contributed by atoms with Gasteiger partial charge in [0.05, 0.1) is 19.6 Å². The highest BCUT2D eigenvalue weighted by molar-refractivity contribution is 9.10. The molecule has 2 aromatic carbocycles. The van der Waals surface area contributed by atoms with Crippen LogP contribution < -0.4 is 25.4 Å². The Labute approximate surface area is 174 Å². The fourth-order valence-corrected chi connectivity index (χ4v) is 4.09. The number of rotatable bonds is 3. The molecule has 28 heavy (non-hydrogen) atoms. The molecule has 4 rings (SSSR count). The van der Waals surface area contributed by atoms with E-state index in [9.17, 15) is 4.79 Å². The number of carbonyl (C=O) groups excluding carboxylic acids is 1. The van der Waals surface area contributed by atoms with Crippen molar-refractivity contribution in [2.24, 2.45) is 10.1 Å². The summed E-state index contributed by atoms with van der Waals surface area (Å²) in [6.45, 7) is 0. The van der Waals surface area contributed by atoms with Gasteiger partial charge < -0.3 is 9.47 Å². The molecule has 2 aliphatic heterocycles. The van der Waals surface area contributed by atoms with Gasteiger partial charge >= 0.3 is 0 Å². The zero-order valence-corrected chi connectivity index (χ0v) is 17.8.